The largest absolute Gasteiger partial charge is 0.469 e. The SMILES string of the molecule is CCOC(=O)N1CCC(NC(=NCCCOCC(C)C)NCCc2ccco2)CC1. The lowest BCUT2D eigenvalue weighted by Gasteiger charge is -2.32. The first kappa shape index (κ1) is 24.1. The third-order valence-electron chi connectivity index (χ3n) is 4.77. The second-order valence-corrected chi connectivity index (χ2v) is 7.91. The van der Waals surface area contributed by atoms with E-state index >= 15 is 0 Å². The van der Waals surface area contributed by atoms with E-state index in [1.54, 1.807) is 11.2 Å². The van der Waals surface area contributed by atoms with Gasteiger partial charge >= 0.3 is 6.09 Å². The van der Waals surface area contributed by atoms with E-state index < -0.39 is 0 Å². The number of piperidine rings is 1. The average Bonchev–Trinajstić information content (AvgIpc) is 3.24. The zero-order valence-corrected chi connectivity index (χ0v) is 18.7. The van der Waals surface area contributed by atoms with Crippen LogP contribution in [-0.2, 0) is 15.9 Å². The fraction of sp³-hybridized carbons (Fsp3) is 0.727. The minimum atomic E-state index is -0.220. The third kappa shape index (κ3) is 9.52. The number of hydrogen-bond acceptors (Lipinski definition) is 5. The van der Waals surface area contributed by atoms with Gasteiger partial charge in [0, 0.05) is 51.9 Å². The molecule has 170 valence electrons. The van der Waals surface area contributed by atoms with Gasteiger partial charge in [0.15, 0.2) is 5.96 Å². The Balaban J connectivity index is 1.78. The van der Waals surface area contributed by atoms with Crippen molar-refractivity contribution in [2.45, 2.75) is 52.5 Å². The van der Waals surface area contributed by atoms with E-state index in [-0.39, 0.29) is 12.1 Å². The lowest BCUT2D eigenvalue weighted by molar-refractivity contribution is 0.0963. The van der Waals surface area contributed by atoms with Crippen LogP contribution in [-0.4, -0.2) is 69.0 Å². The number of amides is 1. The second-order valence-electron chi connectivity index (χ2n) is 7.91. The van der Waals surface area contributed by atoms with Gasteiger partial charge in [-0.2, -0.15) is 0 Å². The molecule has 0 saturated carbocycles. The number of guanidine groups is 1. The number of likely N-dealkylation sites (tertiary alicyclic amines) is 1. The van der Waals surface area contributed by atoms with E-state index in [1.807, 2.05) is 19.1 Å². The van der Waals surface area contributed by atoms with Crippen molar-refractivity contribution in [1.29, 1.82) is 0 Å². The normalized spacial score (nSPS) is 15.5. The Hall–Kier alpha value is -2.22. The Morgan fingerprint density at radius 1 is 1.37 bits per heavy atom. The van der Waals surface area contributed by atoms with Crippen LogP contribution >= 0.6 is 0 Å². The van der Waals surface area contributed by atoms with Gasteiger partial charge in [0.25, 0.3) is 0 Å². The van der Waals surface area contributed by atoms with Crippen LogP contribution in [0.3, 0.4) is 0 Å². The van der Waals surface area contributed by atoms with Gasteiger partial charge in [-0.3, -0.25) is 4.99 Å². The molecule has 0 radical (unpaired) electrons. The third-order valence-corrected chi connectivity index (χ3v) is 4.77. The predicted octanol–water partition coefficient (Wildman–Crippen LogP) is 3.04. The van der Waals surface area contributed by atoms with Gasteiger partial charge < -0.3 is 29.4 Å². The highest BCUT2D eigenvalue weighted by Crippen LogP contribution is 2.11. The predicted molar refractivity (Wildman–Crippen MR) is 118 cm³/mol. The number of hydrogen-bond donors (Lipinski definition) is 2. The van der Waals surface area contributed by atoms with Crippen molar-refractivity contribution in [2.24, 2.45) is 10.9 Å². The van der Waals surface area contributed by atoms with Crippen molar-refractivity contribution < 1.29 is 18.7 Å². The van der Waals surface area contributed by atoms with Crippen molar-refractivity contribution in [1.82, 2.24) is 15.5 Å². The van der Waals surface area contributed by atoms with Gasteiger partial charge in [-0.15, -0.1) is 0 Å². The number of aliphatic imine (C=N–C) groups is 1. The van der Waals surface area contributed by atoms with Gasteiger partial charge in [0.1, 0.15) is 5.76 Å². The monoisotopic (exact) mass is 422 g/mol. The quantitative estimate of drug-likeness (QED) is 0.324. The Bertz CT molecular complexity index is 611. The lowest BCUT2D eigenvalue weighted by Crippen LogP contribution is -2.50. The highest BCUT2D eigenvalue weighted by molar-refractivity contribution is 5.80. The standard InChI is InChI=1S/C22H38N4O4/c1-4-29-22(27)26-13-9-19(10-14-26)25-21(23-11-6-15-28-17-18(2)3)24-12-8-20-7-5-16-30-20/h5,7,16,18-19H,4,6,8-15,17H2,1-3H3,(H2,23,24,25). The number of furan rings is 1. The average molecular weight is 423 g/mol. The fourth-order valence-electron chi connectivity index (χ4n) is 3.20. The molecule has 1 saturated heterocycles. The lowest BCUT2D eigenvalue weighted by atomic mass is 10.1. The molecule has 1 fully saturated rings. The van der Waals surface area contributed by atoms with E-state index in [1.165, 1.54) is 0 Å². The summed E-state index contributed by atoms with van der Waals surface area (Å²) in [4.78, 5) is 18.4. The molecule has 8 nitrogen and oxygen atoms in total. The molecule has 0 bridgehead atoms. The summed E-state index contributed by atoms with van der Waals surface area (Å²) in [6, 6.07) is 4.16. The molecule has 0 unspecified atom stereocenters. The van der Waals surface area contributed by atoms with Crippen molar-refractivity contribution in [3.63, 3.8) is 0 Å². The molecule has 2 rings (SSSR count). The molecule has 1 aliphatic rings. The summed E-state index contributed by atoms with van der Waals surface area (Å²) in [6.45, 7) is 10.9. The first-order valence-corrected chi connectivity index (χ1v) is 11.1. The van der Waals surface area contributed by atoms with Crippen LogP contribution in [0.1, 0.15) is 45.8 Å². The molecule has 1 aromatic heterocycles. The molecule has 1 amide bonds. The van der Waals surface area contributed by atoms with Crippen LogP contribution in [0.15, 0.2) is 27.8 Å². The minimum absolute atomic E-state index is 0.220. The summed E-state index contributed by atoms with van der Waals surface area (Å²) < 4.78 is 16.1. The Labute approximate surface area is 180 Å². The van der Waals surface area contributed by atoms with E-state index in [0.717, 1.165) is 57.2 Å². The Kier molecular flexibility index (Phi) is 11.1. The molecular formula is C22H38N4O4. The van der Waals surface area contributed by atoms with Crippen molar-refractivity contribution in [2.75, 3.05) is 46.0 Å². The zero-order chi connectivity index (χ0) is 21.6. The number of nitrogens with one attached hydrogen (secondary N) is 2. The maximum atomic E-state index is 11.9. The molecule has 0 atom stereocenters. The molecule has 1 aromatic rings. The number of ether oxygens (including phenoxy) is 2. The summed E-state index contributed by atoms with van der Waals surface area (Å²) in [5.74, 6) is 2.31. The van der Waals surface area contributed by atoms with E-state index in [9.17, 15) is 4.79 Å². The summed E-state index contributed by atoms with van der Waals surface area (Å²) in [6.07, 6.45) is 4.90. The summed E-state index contributed by atoms with van der Waals surface area (Å²) in [5, 5.41) is 6.93. The van der Waals surface area contributed by atoms with Crippen molar-refractivity contribution >= 4 is 12.1 Å². The van der Waals surface area contributed by atoms with Gasteiger partial charge in [0.05, 0.1) is 12.9 Å². The highest BCUT2D eigenvalue weighted by Gasteiger charge is 2.24. The van der Waals surface area contributed by atoms with Crippen molar-refractivity contribution in [3.05, 3.63) is 24.2 Å². The molecule has 30 heavy (non-hydrogen) atoms. The van der Waals surface area contributed by atoms with Crippen LogP contribution in [0.2, 0.25) is 0 Å². The van der Waals surface area contributed by atoms with Crippen LogP contribution in [0, 0.1) is 5.92 Å². The number of rotatable bonds is 11. The number of carbonyl (C=O) groups excluding carboxylic acids is 1. The number of nitrogens with zero attached hydrogens (tertiary/aromatic N) is 2. The first-order chi connectivity index (χ1) is 14.6. The molecule has 2 heterocycles. The molecule has 0 spiro atoms. The van der Waals surface area contributed by atoms with Gasteiger partial charge in [0.2, 0.25) is 0 Å². The van der Waals surface area contributed by atoms with Crippen LogP contribution < -0.4 is 10.6 Å². The van der Waals surface area contributed by atoms with E-state index in [0.29, 0.717) is 32.2 Å². The van der Waals surface area contributed by atoms with E-state index in [4.69, 9.17) is 18.9 Å². The molecule has 2 N–H and O–H groups in total. The summed E-state index contributed by atoms with van der Waals surface area (Å²) >= 11 is 0. The maximum Gasteiger partial charge on any atom is 0.409 e. The maximum absolute atomic E-state index is 11.9. The van der Waals surface area contributed by atoms with E-state index in [2.05, 4.69) is 24.5 Å². The van der Waals surface area contributed by atoms with Crippen LogP contribution in [0.25, 0.3) is 0 Å². The fourth-order valence-corrected chi connectivity index (χ4v) is 3.20. The molecule has 1 aliphatic heterocycles. The van der Waals surface area contributed by atoms with Crippen LogP contribution in [0.5, 0.6) is 0 Å². The molecule has 8 heteroatoms. The van der Waals surface area contributed by atoms with Crippen LogP contribution in [0.4, 0.5) is 4.79 Å². The van der Waals surface area contributed by atoms with Gasteiger partial charge in [-0.25, -0.2) is 4.79 Å². The van der Waals surface area contributed by atoms with Gasteiger partial charge in [-0.05, 0) is 44.2 Å². The Morgan fingerprint density at radius 2 is 2.17 bits per heavy atom. The topological polar surface area (TPSA) is 88.3 Å². The molecule has 0 aliphatic carbocycles. The zero-order valence-electron chi connectivity index (χ0n) is 18.7. The summed E-state index contributed by atoms with van der Waals surface area (Å²) in [5.41, 5.74) is 0. The van der Waals surface area contributed by atoms with Gasteiger partial charge in [-0.1, -0.05) is 13.8 Å². The number of carbonyl (C=O) groups is 1. The van der Waals surface area contributed by atoms with Crippen molar-refractivity contribution in [3.8, 4) is 0 Å². The summed E-state index contributed by atoms with van der Waals surface area (Å²) in [7, 11) is 0. The molecule has 0 aromatic carbocycles. The minimum Gasteiger partial charge on any atom is -0.469 e. The Morgan fingerprint density at radius 3 is 2.83 bits per heavy atom. The smallest absolute Gasteiger partial charge is 0.409 e. The molecular weight excluding hydrogens is 384 g/mol. The highest BCUT2D eigenvalue weighted by atomic mass is 16.6. The first-order valence-electron chi connectivity index (χ1n) is 11.1. The second kappa shape index (κ2) is 13.9.